The van der Waals surface area contributed by atoms with Gasteiger partial charge in [-0.15, -0.1) is 0 Å². The van der Waals surface area contributed by atoms with Gasteiger partial charge in [0.05, 0.1) is 11.4 Å². The Bertz CT molecular complexity index is 696. The molecule has 4 saturated carbocycles. The Balaban J connectivity index is 1.29. The first kappa shape index (κ1) is 15.3. The summed E-state index contributed by atoms with van der Waals surface area (Å²) in [5.41, 5.74) is 3.56. The number of rotatable bonds is 5. The number of anilines is 3. The molecule has 25 heavy (non-hydrogen) atoms. The highest BCUT2D eigenvalue weighted by Gasteiger charge is 2.47. The molecule has 2 heteroatoms. The number of hydrogen-bond donors (Lipinski definition) is 2. The van der Waals surface area contributed by atoms with Crippen LogP contribution in [0.15, 0.2) is 54.6 Å². The van der Waals surface area contributed by atoms with Gasteiger partial charge in [-0.05, 0) is 86.0 Å². The number of benzene rings is 2. The fraction of sp³-hybridized carbons (Fsp3) is 0.478. The molecule has 6 rings (SSSR count). The molecule has 4 bridgehead atoms. The van der Waals surface area contributed by atoms with Crippen LogP contribution in [0.2, 0.25) is 0 Å². The van der Waals surface area contributed by atoms with E-state index in [0.717, 1.165) is 41.8 Å². The van der Waals surface area contributed by atoms with E-state index in [1.165, 1.54) is 43.5 Å². The minimum absolute atomic E-state index is 0.887. The van der Waals surface area contributed by atoms with Crippen molar-refractivity contribution in [3.8, 4) is 0 Å². The first-order valence-corrected chi connectivity index (χ1v) is 10.00. The van der Waals surface area contributed by atoms with Crippen molar-refractivity contribution < 1.29 is 0 Å². The van der Waals surface area contributed by atoms with E-state index in [1.807, 2.05) is 0 Å². The van der Waals surface area contributed by atoms with Crippen molar-refractivity contribution in [3.63, 3.8) is 0 Å². The number of nitrogens with one attached hydrogen (secondary N) is 2. The minimum atomic E-state index is 0.887. The van der Waals surface area contributed by atoms with E-state index in [-0.39, 0.29) is 0 Å². The lowest BCUT2D eigenvalue weighted by molar-refractivity contribution is -0.0305. The third-order valence-corrected chi connectivity index (χ3v) is 6.93. The van der Waals surface area contributed by atoms with Crippen LogP contribution in [0.4, 0.5) is 17.1 Å². The van der Waals surface area contributed by atoms with E-state index in [2.05, 4.69) is 65.2 Å². The van der Waals surface area contributed by atoms with E-state index in [9.17, 15) is 0 Å². The second-order valence-electron chi connectivity index (χ2n) is 8.51. The summed E-state index contributed by atoms with van der Waals surface area (Å²) in [5, 5.41) is 7.36. The molecule has 0 unspecified atom stereocenters. The molecule has 0 amide bonds. The summed E-state index contributed by atoms with van der Waals surface area (Å²) in [6.07, 6.45) is 7.55. The molecule has 4 aliphatic rings. The van der Waals surface area contributed by atoms with Gasteiger partial charge in [0.15, 0.2) is 0 Å². The number of hydrogen-bond acceptors (Lipinski definition) is 2. The van der Waals surface area contributed by atoms with Gasteiger partial charge in [-0.2, -0.15) is 0 Å². The standard InChI is InChI=1S/C23H28N2/c1-2-6-20(7-3-1)25-23-9-5-4-8-22(23)24-15-21-18-11-16-10-17(13-18)14-19(21)12-16/h1-9,16-19,21,24-25H,10-15H2. The zero-order valence-corrected chi connectivity index (χ0v) is 14.8. The average molecular weight is 332 g/mol. The van der Waals surface area contributed by atoms with Crippen LogP contribution < -0.4 is 10.6 Å². The summed E-state index contributed by atoms with van der Waals surface area (Å²) in [6.45, 7) is 1.14. The van der Waals surface area contributed by atoms with E-state index in [4.69, 9.17) is 0 Å². The van der Waals surface area contributed by atoms with Crippen LogP contribution in [0, 0.1) is 29.6 Å². The maximum atomic E-state index is 3.80. The SMILES string of the molecule is c1ccc(Nc2ccccc2NCC2C3CC4CC(C3)CC2C4)cc1. The zero-order valence-electron chi connectivity index (χ0n) is 14.8. The fourth-order valence-corrected chi connectivity index (χ4v) is 6.02. The van der Waals surface area contributed by atoms with E-state index in [0.29, 0.717) is 0 Å². The van der Waals surface area contributed by atoms with Crippen LogP contribution in [0.25, 0.3) is 0 Å². The van der Waals surface area contributed by atoms with Crippen molar-refractivity contribution in [2.45, 2.75) is 32.1 Å². The summed E-state index contributed by atoms with van der Waals surface area (Å²) in [7, 11) is 0. The molecule has 0 aliphatic heterocycles. The Morgan fingerprint density at radius 2 is 1.28 bits per heavy atom. The van der Waals surface area contributed by atoms with E-state index < -0.39 is 0 Å². The van der Waals surface area contributed by atoms with Crippen LogP contribution >= 0.6 is 0 Å². The molecule has 2 aromatic rings. The molecule has 4 aliphatic carbocycles. The molecule has 2 aromatic carbocycles. The van der Waals surface area contributed by atoms with Gasteiger partial charge in [0.25, 0.3) is 0 Å². The van der Waals surface area contributed by atoms with Crippen LogP contribution in [-0.2, 0) is 0 Å². The van der Waals surface area contributed by atoms with Crippen LogP contribution in [0.5, 0.6) is 0 Å². The van der Waals surface area contributed by atoms with Gasteiger partial charge < -0.3 is 10.6 Å². The fourth-order valence-electron chi connectivity index (χ4n) is 6.02. The Morgan fingerprint density at radius 3 is 1.96 bits per heavy atom. The predicted octanol–water partition coefficient (Wildman–Crippen LogP) is 5.91. The van der Waals surface area contributed by atoms with Crippen molar-refractivity contribution in [1.29, 1.82) is 0 Å². The van der Waals surface area contributed by atoms with Gasteiger partial charge in [-0.1, -0.05) is 30.3 Å². The first-order chi connectivity index (χ1) is 12.3. The Labute approximate surface area is 151 Å². The van der Waals surface area contributed by atoms with Crippen molar-refractivity contribution in [2.24, 2.45) is 29.6 Å². The smallest absolute Gasteiger partial charge is 0.0620 e. The summed E-state index contributed by atoms with van der Waals surface area (Å²) < 4.78 is 0. The Morgan fingerprint density at radius 1 is 0.680 bits per heavy atom. The van der Waals surface area contributed by atoms with Gasteiger partial charge in [0.1, 0.15) is 0 Å². The Hall–Kier alpha value is -1.96. The molecule has 2 N–H and O–H groups in total. The molecule has 0 saturated heterocycles. The lowest BCUT2D eigenvalue weighted by Crippen LogP contribution is -2.47. The highest BCUT2D eigenvalue weighted by atomic mass is 15.0. The summed E-state index contributed by atoms with van der Waals surface area (Å²) in [5.74, 6) is 4.98. The molecule has 2 nitrogen and oxygen atoms in total. The second kappa shape index (κ2) is 6.40. The van der Waals surface area contributed by atoms with Crippen molar-refractivity contribution in [3.05, 3.63) is 54.6 Å². The van der Waals surface area contributed by atoms with Gasteiger partial charge in [-0.25, -0.2) is 0 Å². The van der Waals surface area contributed by atoms with E-state index >= 15 is 0 Å². The summed E-state index contributed by atoms with van der Waals surface area (Å²) in [6, 6.07) is 19.1. The predicted molar refractivity (Wildman–Crippen MR) is 105 cm³/mol. The van der Waals surface area contributed by atoms with Gasteiger partial charge in [-0.3, -0.25) is 0 Å². The first-order valence-electron chi connectivity index (χ1n) is 10.00. The van der Waals surface area contributed by atoms with Gasteiger partial charge in [0.2, 0.25) is 0 Å². The van der Waals surface area contributed by atoms with Crippen LogP contribution in [0.1, 0.15) is 32.1 Å². The maximum absolute atomic E-state index is 3.80. The molecule has 0 atom stereocenters. The Kier molecular flexibility index (Phi) is 3.92. The molecule has 0 radical (unpaired) electrons. The lowest BCUT2D eigenvalue weighted by Gasteiger charge is -2.54. The molecular weight excluding hydrogens is 304 g/mol. The van der Waals surface area contributed by atoms with Crippen LogP contribution in [0.3, 0.4) is 0 Å². The third kappa shape index (κ3) is 3.03. The molecule has 0 spiro atoms. The largest absolute Gasteiger partial charge is 0.383 e. The van der Waals surface area contributed by atoms with Crippen molar-refractivity contribution in [2.75, 3.05) is 17.2 Å². The minimum Gasteiger partial charge on any atom is -0.383 e. The highest BCUT2D eigenvalue weighted by Crippen LogP contribution is 2.56. The quantitative estimate of drug-likeness (QED) is 0.710. The van der Waals surface area contributed by atoms with Gasteiger partial charge in [0, 0.05) is 12.2 Å². The van der Waals surface area contributed by atoms with Crippen molar-refractivity contribution >= 4 is 17.1 Å². The lowest BCUT2D eigenvalue weighted by atomic mass is 9.52. The third-order valence-electron chi connectivity index (χ3n) is 6.93. The molecule has 0 heterocycles. The molecular formula is C23H28N2. The average Bonchev–Trinajstić information content (AvgIpc) is 2.63. The summed E-state index contributed by atoms with van der Waals surface area (Å²) in [4.78, 5) is 0. The highest BCUT2D eigenvalue weighted by molar-refractivity contribution is 5.74. The van der Waals surface area contributed by atoms with Crippen LogP contribution in [-0.4, -0.2) is 6.54 Å². The number of para-hydroxylation sites is 3. The molecule has 4 fully saturated rings. The van der Waals surface area contributed by atoms with Gasteiger partial charge >= 0.3 is 0 Å². The molecule has 130 valence electrons. The topological polar surface area (TPSA) is 24.1 Å². The van der Waals surface area contributed by atoms with Crippen molar-refractivity contribution in [1.82, 2.24) is 0 Å². The zero-order chi connectivity index (χ0) is 16.6. The summed E-state index contributed by atoms with van der Waals surface area (Å²) >= 11 is 0. The van der Waals surface area contributed by atoms with E-state index in [1.54, 1.807) is 0 Å². The maximum Gasteiger partial charge on any atom is 0.0620 e. The molecule has 0 aromatic heterocycles. The monoisotopic (exact) mass is 332 g/mol. The second-order valence-corrected chi connectivity index (χ2v) is 8.51. The normalized spacial score (nSPS) is 32.6.